The molecule has 0 radical (unpaired) electrons. The zero-order valence-corrected chi connectivity index (χ0v) is 19.0. The molecule has 1 atom stereocenters. The summed E-state index contributed by atoms with van der Waals surface area (Å²) in [4.78, 5) is 35.0. The third-order valence-corrected chi connectivity index (χ3v) is 6.13. The summed E-state index contributed by atoms with van der Waals surface area (Å²) in [5.41, 5.74) is 1.49. The molecule has 2 heterocycles. The Bertz CT molecular complexity index is 1300. The number of amides is 1. The number of benzene rings is 2. The molecule has 1 amide bonds. The molecule has 4 aromatic rings. The number of rotatable bonds is 7. The number of hydrogen-bond acceptors (Lipinski definition) is 5. The summed E-state index contributed by atoms with van der Waals surface area (Å²) in [7, 11) is 1.90. The summed E-state index contributed by atoms with van der Waals surface area (Å²) in [6.07, 6.45) is 3.57. The Morgan fingerprint density at radius 2 is 1.81 bits per heavy atom. The fourth-order valence-corrected chi connectivity index (χ4v) is 4.55. The molecule has 0 saturated heterocycles. The lowest BCUT2D eigenvalue weighted by molar-refractivity contribution is -0.119. The molecule has 1 unspecified atom stereocenters. The number of thioether (sulfide) groups is 1. The van der Waals surface area contributed by atoms with Crippen LogP contribution in [0, 0.1) is 0 Å². The van der Waals surface area contributed by atoms with E-state index in [9.17, 15) is 9.59 Å². The largest absolute Gasteiger partial charge is 0.341 e. The summed E-state index contributed by atoms with van der Waals surface area (Å²) in [5, 5.41) is 4.20. The highest BCUT2D eigenvalue weighted by Crippen LogP contribution is 2.23. The second-order valence-electron chi connectivity index (χ2n) is 7.78. The smallest absolute Gasteiger partial charge is 0.262 e. The van der Waals surface area contributed by atoms with Crippen molar-refractivity contribution in [2.45, 2.75) is 31.1 Å². The zero-order valence-electron chi connectivity index (χ0n) is 18.2. The maximum absolute atomic E-state index is 13.0. The minimum absolute atomic E-state index is 0.0743. The van der Waals surface area contributed by atoms with Crippen LogP contribution in [0.5, 0.6) is 0 Å². The summed E-state index contributed by atoms with van der Waals surface area (Å²) in [5.74, 6) is 0.715. The fourth-order valence-electron chi connectivity index (χ4n) is 3.61. The van der Waals surface area contributed by atoms with Gasteiger partial charge in [-0.2, -0.15) is 0 Å². The van der Waals surface area contributed by atoms with Gasteiger partial charge in [-0.25, -0.2) is 9.97 Å². The van der Waals surface area contributed by atoms with Gasteiger partial charge in [-0.1, -0.05) is 54.2 Å². The molecule has 1 N–H and O–H groups in total. The predicted molar refractivity (Wildman–Crippen MR) is 127 cm³/mol. The Balaban J connectivity index is 1.58. The Labute approximate surface area is 190 Å². The van der Waals surface area contributed by atoms with Crippen LogP contribution in [0.2, 0.25) is 0 Å². The van der Waals surface area contributed by atoms with Crippen LogP contribution in [0.3, 0.4) is 0 Å². The number of carbonyl (C=O) groups excluding carboxylic acids is 1. The number of fused-ring (bicyclic) bond motifs is 1. The molecule has 2 aromatic heterocycles. The average molecular weight is 448 g/mol. The number of aromatic nitrogens is 4. The molecular formula is C24H25N5O2S. The molecule has 0 aliphatic carbocycles. The van der Waals surface area contributed by atoms with Crippen LogP contribution in [0.15, 0.2) is 76.9 Å². The summed E-state index contributed by atoms with van der Waals surface area (Å²) in [6, 6.07) is 16.6. The molecule has 2 aromatic carbocycles. The van der Waals surface area contributed by atoms with E-state index in [1.807, 2.05) is 80.2 Å². The van der Waals surface area contributed by atoms with Crippen molar-refractivity contribution in [3.8, 4) is 0 Å². The van der Waals surface area contributed by atoms with Crippen LogP contribution in [-0.2, 0) is 11.8 Å². The van der Waals surface area contributed by atoms with Gasteiger partial charge in [0, 0.05) is 25.5 Å². The lowest BCUT2D eigenvalue weighted by atomic mass is 10.1. The normalized spacial score (nSPS) is 12.2. The maximum Gasteiger partial charge on any atom is 0.262 e. The third kappa shape index (κ3) is 4.45. The van der Waals surface area contributed by atoms with Gasteiger partial charge in [0.15, 0.2) is 5.16 Å². The number of para-hydroxylation sites is 1. The fraction of sp³-hybridized carbons (Fsp3) is 0.250. The van der Waals surface area contributed by atoms with Crippen LogP contribution in [0.4, 0.5) is 0 Å². The van der Waals surface area contributed by atoms with Crippen LogP contribution in [0.25, 0.3) is 10.9 Å². The number of carbonyl (C=O) groups is 1. The highest BCUT2D eigenvalue weighted by Gasteiger charge is 2.21. The van der Waals surface area contributed by atoms with E-state index in [4.69, 9.17) is 0 Å². The molecule has 0 saturated carbocycles. The van der Waals surface area contributed by atoms with Gasteiger partial charge in [-0.15, -0.1) is 0 Å². The number of aryl methyl sites for hydroxylation is 1. The summed E-state index contributed by atoms with van der Waals surface area (Å²) < 4.78 is 3.54. The van der Waals surface area contributed by atoms with Crippen molar-refractivity contribution < 1.29 is 4.79 Å². The number of imidazole rings is 1. The van der Waals surface area contributed by atoms with Crippen molar-refractivity contribution >= 4 is 28.6 Å². The summed E-state index contributed by atoms with van der Waals surface area (Å²) in [6.45, 7) is 3.88. The van der Waals surface area contributed by atoms with Crippen molar-refractivity contribution in [2.24, 2.45) is 7.05 Å². The van der Waals surface area contributed by atoms with Gasteiger partial charge < -0.3 is 9.88 Å². The Kier molecular flexibility index (Phi) is 6.41. The van der Waals surface area contributed by atoms with Crippen LogP contribution >= 0.6 is 11.8 Å². The second-order valence-corrected chi connectivity index (χ2v) is 8.72. The molecule has 0 spiro atoms. The van der Waals surface area contributed by atoms with E-state index < -0.39 is 0 Å². The van der Waals surface area contributed by atoms with Gasteiger partial charge in [0.25, 0.3) is 5.56 Å². The molecule has 32 heavy (non-hydrogen) atoms. The van der Waals surface area contributed by atoms with E-state index in [-0.39, 0.29) is 29.3 Å². The van der Waals surface area contributed by atoms with Gasteiger partial charge in [-0.05, 0) is 31.5 Å². The molecule has 7 nitrogen and oxygen atoms in total. The van der Waals surface area contributed by atoms with Crippen molar-refractivity contribution in [3.63, 3.8) is 0 Å². The lowest BCUT2D eigenvalue weighted by Gasteiger charge is -2.20. The SMILES string of the molecule is CC(C)n1c(SCC(=O)NC(c2ccccc2)c2nccn2C)nc2ccccc2c1=O. The first-order valence-corrected chi connectivity index (χ1v) is 11.4. The van der Waals surface area contributed by atoms with Crippen molar-refractivity contribution in [3.05, 3.63) is 88.7 Å². The molecule has 0 bridgehead atoms. The van der Waals surface area contributed by atoms with Gasteiger partial charge in [0.2, 0.25) is 5.91 Å². The number of nitrogens with zero attached hydrogens (tertiary/aromatic N) is 4. The van der Waals surface area contributed by atoms with Crippen LogP contribution in [0.1, 0.15) is 37.3 Å². The van der Waals surface area contributed by atoms with Gasteiger partial charge in [0.05, 0.1) is 16.7 Å². The van der Waals surface area contributed by atoms with E-state index in [0.717, 1.165) is 11.4 Å². The van der Waals surface area contributed by atoms with Gasteiger partial charge in [-0.3, -0.25) is 14.2 Å². The predicted octanol–water partition coefficient (Wildman–Crippen LogP) is 3.71. The first kappa shape index (κ1) is 21.8. The minimum Gasteiger partial charge on any atom is -0.341 e. The monoisotopic (exact) mass is 447 g/mol. The Morgan fingerprint density at radius 3 is 2.50 bits per heavy atom. The van der Waals surface area contributed by atoms with Crippen LogP contribution in [-0.4, -0.2) is 30.8 Å². The van der Waals surface area contributed by atoms with E-state index in [1.165, 1.54) is 11.8 Å². The highest BCUT2D eigenvalue weighted by molar-refractivity contribution is 7.99. The van der Waals surface area contributed by atoms with Crippen LogP contribution < -0.4 is 10.9 Å². The highest BCUT2D eigenvalue weighted by atomic mass is 32.2. The molecule has 0 fully saturated rings. The quantitative estimate of drug-likeness (QED) is 0.345. The first-order chi connectivity index (χ1) is 15.5. The average Bonchev–Trinajstić information content (AvgIpc) is 3.22. The standard InChI is InChI=1S/C24H25N5O2S/c1-16(2)29-23(31)18-11-7-8-12-19(18)26-24(29)32-15-20(30)27-21(17-9-5-4-6-10-17)22-25-13-14-28(22)3/h4-14,16,21H,15H2,1-3H3,(H,27,30). The zero-order chi connectivity index (χ0) is 22.7. The van der Waals surface area contributed by atoms with Crippen molar-refractivity contribution in [2.75, 3.05) is 5.75 Å². The third-order valence-electron chi connectivity index (χ3n) is 5.18. The van der Waals surface area contributed by atoms with Crippen molar-refractivity contribution in [1.82, 2.24) is 24.4 Å². The molecule has 4 rings (SSSR count). The van der Waals surface area contributed by atoms with Gasteiger partial charge >= 0.3 is 0 Å². The number of hydrogen-bond donors (Lipinski definition) is 1. The lowest BCUT2D eigenvalue weighted by Crippen LogP contribution is -2.32. The minimum atomic E-state index is -0.374. The molecule has 0 aliphatic heterocycles. The second kappa shape index (κ2) is 9.40. The van der Waals surface area contributed by atoms with E-state index in [0.29, 0.717) is 16.1 Å². The maximum atomic E-state index is 13.0. The molecule has 8 heteroatoms. The topological polar surface area (TPSA) is 81.8 Å². The van der Waals surface area contributed by atoms with Gasteiger partial charge in [0.1, 0.15) is 11.9 Å². The Morgan fingerprint density at radius 1 is 1.09 bits per heavy atom. The van der Waals surface area contributed by atoms with E-state index in [1.54, 1.807) is 16.8 Å². The Hall–Kier alpha value is -3.39. The van der Waals surface area contributed by atoms with E-state index in [2.05, 4.69) is 15.3 Å². The van der Waals surface area contributed by atoms with E-state index >= 15 is 0 Å². The number of nitrogens with one attached hydrogen (secondary N) is 1. The molecular weight excluding hydrogens is 422 g/mol. The summed E-state index contributed by atoms with van der Waals surface area (Å²) >= 11 is 1.26. The molecule has 164 valence electrons. The first-order valence-electron chi connectivity index (χ1n) is 10.4. The molecule has 0 aliphatic rings. The van der Waals surface area contributed by atoms with Crippen molar-refractivity contribution in [1.29, 1.82) is 0 Å².